The molecule has 3 rings (SSSR count). The quantitative estimate of drug-likeness (QED) is 0.856. The molecule has 1 aromatic carbocycles. The molecule has 0 saturated carbocycles. The number of nitrogens with one attached hydrogen (secondary N) is 1. The number of likely N-dealkylation sites (tertiary alicyclic amines) is 1. The standard InChI is InChI=1S/C16H20Cl2N2O2S/c17-13-5-1-4-12(15(13)18)10-14(21)20-8-2-6-16(20)7-3-9-23(19,22)11-16/h1,4-5,19H,2-3,6-11H2. The van der Waals surface area contributed by atoms with Gasteiger partial charge in [0, 0.05) is 22.0 Å². The fourth-order valence-corrected chi connectivity index (χ4v) is 6.35. The number of carbonyl (C=O) groups excluding carboxylic acids is 1. The maximum atomic E-state index is 12.8. The highest BCUT2D eigenvalue weighted by Crippen LogP contribution is 2.39. The summed E-state index contributed by atoms with van der Waals surface area (Å²) in [5, 5.41) is 0.864. The van der Waals surface area contributed by atoms with E-state index in [0.717, 1.165) is 25.7 Å². The van der Waals surface area contributed by atoms with Gasteiger partial charge >= 0.3 is 0 Å². The van der Waals surface area contributed by atoms with Crippen molar-refractivity contribution in [3.63, 3.8) is 0 Å². The molecule has 23 heavy (non-hydrogen) atoms. The minimum absolute atomic E-state index is 0.0104. The van der Waals surface area contributed by atoms with Gasteiger partial charge in [0.05, 0.1) is 27.8 Å². The molecular formula is C16H20Cl2N2O2S. The highest BCUT2D eigenvalue weighted by molar-refractivity contribution is 7.92. The lowest BCUT2D eigenvalue weighted by Crippen LogP contribution is -2.54. The molecule has 2 heterocycles. The SMILES string of the molecule is N=S1(=O)CCCC2(CCCN2C(=O)Cc2cccc(Cl)c2Cl)C1. The molecule has 126 valence electrons. The van der Waals surface area contributed by atoms with Crippen LogP contribution in [0, 0.1) is 4.78 Å². The van der Waals surface area contributed by atoms with Crippen molar-refractivity contribution in [2.24, 2.45) is 0 Å². The summed E-state index contributed by atoms with van der Waals surface area (Å²) in [7, 11) is -2.57. The Labute approximate surface area is 147 Å². The van der Waals surface area contributed by atoms with Crippen molar-refractivity contribution < 1.29 is 9.00 Å². The van der Waals surface area contributed by atoms with Crippen molar-refractivity contribution in [1.82, 2.24) is 4.90 Å². The van der Waals surface area contributed by atoms with E-state index in [0.29, 0.717) is 33.7 Å². The van der Waals surface area contributed by atoms with Crippen LogP contribution in [0.3, 0.4) is 0 Å². The first-order valence-corrected chi connectivity index (χ1v) is 10.5. The molecule has 1 spiro atoms. The van der Waals surface area contributed by atoms with Gasteiger partial charge in [-0.3, -0.25) is 9.57 Å². The Morgan fingerprint density at radius 3 is 2.78 bits per heavy atom. The number of halogens is 2. The average Bonchev–Trinajstić information content (AvgIpc) is 2.85. The minimum atomic E-state index is -2.57. The molecule has 2 aliphatic rings. The summed E-state index contributed by atoms with van der Waals surface area (Å²) in [6.45, 7) is 0.673. The number of carbonyl (C=O) groups is 1. The minimum Gasteiger partial charge on any atom is -0.336 e. The second-order valence-corrected chi connectivity index (χ2v) is 9.63. The molecule has 0 radical (unpaired) electrons. The van der Waals surface area contributed by atoms with Gasteiger partial charge in [0.15, 0.2) is 0 Å². The summed E-state index contributed by atoms with van der Waals surface area (Å²) >= 11 is 12.2. The Morgan fingerprint density at radius 1 is 1.30 bits per heavy atom. The molecule has 1 N–H and O–H groups in total. The number of nitrogens with zero attached hydrogens (tertiary/aromatic N) is 1. The second-order valence-electron chi connectivity index (χ2n) is 6.53. The first-order chi connectivity index (χ1) is 10.8. The third-order valence-electron chi connectivity index (χ3n) is 4.89. The van der Waals surface area contributed by atoms with Crippen LogP contribution in [0.2, 0.25) is 10.0 Å². The molecule has 2 aliphatic heterocycles. The van der Waals surface area contributed by atoms with Gasteiger partial charge in [0.1, 0.15) is 0 Å². The Bertz CT molecular complexity index is 736. The predicted molar refractivity (Wildman–Crippen MR) is 93.7 cm³/mol. The summed E-state index contributed by atoms with van der Waals surface area (Å²) in [6.07, 6.45) is 3.55. The van der Waals surface area contributed by atoms with E-state index in [-0.39, 0.29) is 17.9 Å². The van der Waals surface area contributed by atoms with Crippen LogP contribution in [0.1, 0.15) is 31.2 Å². The normalized spacial score (nSPS) is 30.8. The van der Waals surface area contributed by atoms with E-state index < -0.39 is 9.73 Å². The zero-order valence-corrected chi connectivity index (χ0v) is 15.1. The van der Waals surface area contributed by atoms with E-state index in [1.165, 1.54) is 0 Å². The molecule has 2 unspecified atom stereocenters. The maximum absolute atomic E-state index is 12.8. The van der Waals surface area contributed by atoms with Crippen LogP contribution in [0.5, 0.6) is 0 Å². The molecule has 2 fully saturated rings. The molecule has 7 heteroatoms. The molecular weight excluding hydrogens is 355 g/mol. The third-order valence-corrected chi connectivity index (χ3v) is 7.70. The van der Waals surface area contributed by atoms with E-state index in [2.05, 4.69) is 0 Å². The average molecular weight is 375 g/mol. The van der Waals surface area contributed by atoms with Crippen LogP contribution in [-0.2, 0) is 20.9 Å². The number of rotatable bonds is 2. The zero-order chi connectivity index (χ0) is 16.7. The van der Waals surface area contributed by atoms with E-state index >= 15 is 0 Å². The zero-order valence-electron chi connectivity index (χ0n) is 12.8. The monoisotopic (exact) mass is 374 g/mol. The summed E-state index contributed by atoms with van der Waals surface area (Å²) in [6, 6.07) is 5.29. The number of benzene rings is 1. The third kappa shape index (κ3) is 3.37. The van der Waals surface area contributed by atoms with E-state index in [1.54, 1.807) is 12.1 Å². The van der Waals surface area contributed by atoms with E-state index in [9.17, 15) is 9.00 Å². The fourth-order valence-electron chi connectivity index (χ4n) is 3.89. The van der Waals surface area contributed by atoms with E-state index in [1.807, 2.05) is 11.0 Å². The van der Waals surface area contributed by atoms with Crippen LogP contribution in [0.15, 0.2) is 18.2 Å². The van der Waals surface area contributed by atoms with Crippen molar-refractivity contribution in [3.05, 3.63) is 33.8 Å². The Balaban J connectivity index is 1.82. The Morgan fingerprint density at radius 2 is 2.04 bits per heavy atom. The maximum Gasteiger partial charge on any atom is 0.227 e. The fraction of sp³-hybridized carbons (Fsp3) is 0.562. The first-order valence-electron chi connectivity index (χ1n) is 7.81. The van der Waals surface area contributed by atoms with Gasteiger partial charge in [0.25, 0.3) is 0 Å². The highest BCUT2D eigenvalue weighted by Gasteiger charge is 2.47. The number of hydrogen-bond acceptors (Lipinski definition) is 3. The van der Waals surface area contributed by atoms with Crippen LogP contribution in [-0.4, -0.2) is 38.6 Å². The number of hydrogen-bond donors (Lipinski definition) is 1. The van der Waals surface area contributed by atoms with Crippen molar-refractivity contribution in [1.29, 1.82) is 4.78 Å². The van der Waals surface area contributed by atoms with Gasteiger partial charge in [-0.2, -0.15) is 0 Å². The predicted octanol–water partition coefficient (Wildman–Crippen LogP) is 3.74. The summed E-state index contributed by atoms with van der Waals surface area (Å²) in [4.78, 5) is 14.7. The molecule has 2 saturated heterocycles. The van der Waals surface area contributed by atoms with Gasteiger partial charge in [-0.25, -0.2) is 4.21 Å². The molecule has 0 aliphatic carbocycles. The molecule has 4 nitrogen and oxygen atoms in total. The van der Waals surface area contributed by atoms with Crippen molar-refractivity contribution in [2.75, 3.05) is 18.1 Å². The lowest BCUT2D eigenvalue weighted by molar-refractivity contribution is -0.134. The van der Waals surface area contributed by atoms with Crippen molar-refractivity contribution in [2.45, 2.75) is 37.6 Å². The lowest BCUT2D eigenvalue weighted by atomic mass is 9.92. The molecule has 0 bridgehead atoms. The first kappa shape index (κ1) is 17.1. The van der Waals surface area contributed by atoms with Crippen molar-refractivity contribution in [3.8, 4) is 0 Å². The molecule has 2 atom stereocenters. The molecule has 1 amide bonds. The molecule has 1 aromatic rings. The van der Waals surface area contributed by atoms with Crippen LogP contribution in [0.4, 0.5) is 0 Å². The van der Waals surface area contributed by atoms with Gasteiger partial charge in [-0.15, -0.1) is 0 Å². The second kappa shape index (κ2) is 6.26. The summed E-state index contributed by atoms with van der Waals surface area (Å²) in [5.74, 6) is 0.759. The topological polar surface area (TPSA) is 61.2 Å². The van der Waals surface area contributed by atoms with Gasteiger partial charge in [0.2, 0.25) is 5.91 Å². The van der Waals surface area contributed by atoms with Crippen LogP contribution >= 0.6 is 23.2 Å². The largest absolute Gasteiger partial charge is 0.336 e. The van der Waals surface area contributed by atoms with Crippen LogP contribution < -0.4 is 0 Å². The van der Waals surface area contributed by atoms with Gasteiger partial charge in [-0.05, 0) is 37.3 Å². The van der Waals surface area contributed by atoms with Gasteiger partial charge in [-0.1, -0.05) is 35.3 Å². The summed E-state index contributed by atoms with van der Waals surface area (Å²) in [5.41, 5.74) is 0.327. The van der Waals surface area contributed by atoms with Crippen LogP contribution in [0.25, 0.3) is 0 Å². The Hall–Kier alpha value is -0.780. The lowest BCUT2D eigenvalue weighted by Gasteiger charge is -2.42. The van der Waals surface area contributed by atoms with E-state index in [4.69, 9.17) is 28.0 Å². The van der Waals surface area contributed by atoms with Crippen molar-refractivity contribution >= 4 is 38.8 Å². The molecule has 0 aromatic heterocycles. The van der Waals surface area contributed by atoms with Gasteiger partial charge < -0.3 is 4.90 Å². The number of amides is 1. The summed E-state index contributed by atoms with van der Waals surface area (Å²) < 4.78 is 20.3. The highest BCUT2D eigenvalue weighted by atomic mass is 35.5. The Kier molecular flexibility index (Phi) is 4.64. The smallest absolute Gasteiger partial charge is 0.227 e.